The Hall–Kier alpha value is -3.75. The minimum absolute atomic E-state index is 0.0442. The molecule has 3 aromatic rings. The standard InChI is InChI=1S/C28H33F3N6O4S/c1-4-18-14-19(26(38)34-21-9-11-41-12-10-21)7-8-23(18)35-27-33-16-22(28(29,30)31)25(36-27)32-15-20-6-5-17(2)13-24(20)37(3)42(39)40/h5-8,13-14,16,21H,4,9-12,15H2,1-3H3,(H,34,38)(H,39,40)(H2,32,33,35,36). The predicted molar refractivity (Wildman–Crippen MR) is 155 cm³/mol. The van der Waals surface area contributed by atoms with E-state index in [1.165, 1.54) is 7.05 Å². The minimum atomic E-state index is -4.73. The summed E-state index contributed by atoms with van der Waals surface area (Å²) >= 11 is -2.32. The second-order valence-electron chi connectivity index (χ2n) is 9.88. The first-order valence-corrected chi connectivity index (χ1v) is 14.4. The summed E-state index contributed by atoms with van der Waals surface area (Å²) in [5, 5.41) is 8.73. The number of ether oxygens (including phenoxy) is 1. The maximum absolute atomic E-state index is 13.8. The van der Waals surface area contributed by atoms with Crippen LogP contribution in [-0.4, -0.2) is 50.9 Å². The number of carbonyl (C=O) groups is 1. The molecule has 2 heterocycles. The molecule has 226 valence electrons. The number of aryl methyl sites for hydroxylation is 2. The van der Waals surface area contributed by atoms with Gasteiger partial charge in [-0.05, 0) is 67.1 Å². The number of benzene rings is 2. The average molecular weight is 607 g/mol. The molecule has 0 radical (unpaired) electrons. The van der Waals surface area contributed by atoms with Crippen LogP contribution in [0.4, 0.5) is 36.3 Å². The zero-order chi connectivity index (χ0) is 30.4. The van der Waals surface area contributed by atoms with Crippen LogP contribution < -0.4 is 20.3 Å². The van der Waals surface area contributed by atoms with Crippen molar-refractivity contribution >= 4 is 40.3 Å². The summed E-state index contributed by atoms with van der Waals surface area (Å²) in [5.41, 5.74) is 2.43. The Morgan fingerprint density at radius 3 is 2.57 bits per heavy atom. The monoisotopic (exact) mass is 606 g/mol. The topological polar surface area (TPSA) is 129 Å². The number of carbonyl (C=O) groups excluding carboxylic acids is 1. The molecule has 1 saturated heterocycles. The fraction of sp³-hybridized carbons (Fsp3) is 0.393. The largest absolute Gasteiger partial charge is 0.421 e. The fourth-order valence-corrected chi connectivity index (χ4v) is 4.88. The maximum Gasteiger partial charge on any atom is 0.421 e. The fourth-order valence-electron chi connectivity index (χ4n) is 4.54. The molecule has 4 N–H and O–H groups in total. The molecule has 0 bridgehead atoms. The lowest BCUT2D eigenvalue weighted by Crippen LogP contribution is -2.38. The SMILES string of the molecule is CCc1cc(C(=O)NC2CCOCC2)ccc1Nc1ncc(C(F)(F)F)c(NCc2ccc(C)cc2N(C)S(=O)O)n1. The smallest absolute Gasteiger partial charge is 0.381 e. The number of hydrogen-bond donors (Lipinski definition) is 4. The van der Waals surface area contributed by atoms with Gasteiger partial charge in [-0.1, -0.05) is 19.1 Å². The lowest BCUT2D eigenvalue weighted by molar-refractivity contribution is -0.137. The van der Waals surface area contributed by atoms with Crippen LogP contribution in [0.5, 0.6) is 0 Å². The van der Waals surface area contributed by atoms with Crippen molar-refractivity contribution in [3.8, 4) is 0 Å². The molecule has 14 heteroatoms. The number of anilines is 4. The summed E-state index contributed by atoms with van der Waals surface area (Å²) in [7, 11) is 1.41. The van der Waals surface area contributed by atoms with Gasteiger partial charge in [0.1, 0.15) is 11.4 Å². The molecule has 1 unspecified atom stereocenters. The summed E-state index contributed by atoms with van der Waals surface area (Å²) in [6.07, 6.45) is -1.99. The van der Waals surface area contributed by atoms with E-state index < -0.39 is 28.8 Å². The number of aromatic nitrogens is 2. The molecule has 42 heavy (non-hydrogen) atoms. The molecule has 4 rings (SSSR count). The zero-order valence-electron chi connectivity index (χ0n) is 23.4. The van der Waals surface area contributed by atoms with E-state index in [-0.39, 0.29) is 24.4 Å². The van der Waals surface area contributed by atoms with Gasteiger partial charge in [-0.2, -0.15) is 18.2 Å². The molecule has 0 spiro atoms. The molecule has 1 aromatic heterocycles. The van der Waals surface area contributed by atoms with E-state index in [9.17, 15) is 26.7 Å². The summed E-state index contributed by atoms with van der Waals surface area (Å²) in [6.45, 7) is 4.80. The number of rotatable bonds is 10. The van der Waals surface area contributed by atoms with Crippen molar-refractivity contribution in [1.82, 2.24) is 15.3 Å². The summed E-state index contributed by atoms with van der Waals surface area (Å²) in [5.74, 6) is -0.728. The van der Waals surface area contributed by atoms with Crippen LogP contribution in [-0.2, 0) is 35.1 Å². The van der Waals surface area contributed by atoms with Crippen LogP contribution >= 0.6 is 0 Å². The van der Waals surface area contributed by atoms with E-state index in [0.29, 0.717) is 48.3 Å². The zero-order valence-corrected chi connectivity index (χ0v) is 24.2. The molecule has 0 saturated carbocycles. The quantitative estimate of drug-likeness (QED) is 0.232. The highest BCUT2D eigenvalue weighted by atomic mass is 32.2. The number of nitrogens with one attached hydrogen (secondary N) is 3. The molecule has 10 nitrogen and oxygen atoms in total. The van der Waals surface area contributed by atoms with Crippen molar-refractivity contribution < 1.29 is 31.5 Å². The van der Waals surface area contributed by atoms with Crippen LogP contribution in [0.15, 0.2) is 42.6 Å². The third-order valence-corrected chi connectivity index (χ3v) is 7.57. The van der Waals surface area contributed by atoms with Crippen molar-refractivity contribution in [2.75, 3.05) is 35.2 Å². The van der Waals surface area contributed by atoms with Crippen molar-refractivity contribution in [2.24, 2.45) is 0 Å². The summed E-state index contributed by atoms with van der Waals surface area (Å²) in [6, 6.07) is 10.2. The van der Waals surface area contributed by atoms with E-state index in [1.807, 2.05) is 6.92 Å². The van der Waals surface area contributed by atoms with E-state index >= 15 is 0 Å². The van der Waals surface area contributed by atoms with Gasteiger partial charge < -0.3 is 20.7 Å². The first kappa shape index (κ1) is 31.2. The first-order valence-electron chi connectivity index (χ1n) is 13.4. The molecule has 1 fully saturated rings. The lowest BCUT2D eigenvalue weighted by Gasteiger charge is -2.23. The Morgan fingerprint density at radius 2 is 1.90 bits per heavy atom. The lowest BCUT2D eigenvalue weighted by atomic mass is 10.0. The maximum atomic E-state index is 13.8. The Bertz CT molecular complexity index is 1450. The normalized spacial score (nSPS) is 14.7. The van der Waals surface area contributed by atoms with Crippen LogP contribution in [0, 0.1) is 6.92 Å². The van der Waals surface area contributed by atoms with Gasteiger partial charge in [0.25, 0.3) is 17.2 Å². The second-order valence-corrected chi connectivity index (χ2v) is 10.9. The van der Waals surface area contributed by atoms with Gasteiger partial charge in [0.2, 0.25) is 5.95 Å². The van der Waals surface area contributed by atoms with Gasteiger partial charge >= 0.3 is 6.18 Å². The van der Waals surface area contributed by atoms with E-state index in [4.69, 9.17) is 4.74 Å². The van der Waals surface area contributed by atoms with Gasteiger partial charge in [-0.25, -0.2) is 9.19 Å². The molecule has 1 aliphatic heterocycles. The highest BCUT2D eigenvalue weighted by molar-refractivity contribution is 7.80. The van der Waals surface area contributed by atoms with Gasteiger partial charge in [0.15, 0.2) is 0 Å². The van der Waals surface area contributed by atoms with Crippen molar-refractivity contribution in [2.45, 2.75) is 51.9 Å². The molecular weight excluding hydrogens is 573 g/mol. The highest BCUT2D eigenvalue weighted by Crippen LogP contribution is 2.35. The number of alkyl halides is 3. The van der Waals surface area contributed by atoms with Crippen LogP contribution in [0.25, 0.3) is 0 Å². The first-order chi connectivity index (χ1) is 20.0. The Kier molecular flexibility index (Phi) is 10.0. The summed E-state index contributed by atoms with van der Waals surface area (Å²) in [4.78, 5) is 20.8. The third kappa shape index (κ3) is 7.75. The molecule has 2 aromatic carbocycles. The number of hydrogen-bond acceptors (Lipinski definition) is 7. The van der Waals surface area contributed by atoms with Crippen LogP contribution in [0.1, 0.15) is 52.4 Å². The van der Waals surface area contributed by atoms with Gasteiger partial charge in [-0.3, -0.25) is 13.7 Å². The molecular formula is C28H33F3N6O4S. The number of halogens is 3. The minimum Gasteiger partial charge on any atom is -0.381 e. The Balaban J connectivity index is 1.56. The van der Waals surface area contributed by atoms with E-state index in [2.05, 4.69) is 25.9 Å². The predicted octanol–water partition coefficient (Wildman–Crippen LogP) is 5.20. The molecule has 1 atom stereocenters. The highest BCUT2D eigenvalue weighted by Gasteiger charge is 2.35. The van der Waals surface area contributed by atoms with Crippen molar-refractivity contribution in [1.29, 1.82) is 0 Å². The second kappa shape index (κ2) is 13.5. The average Bonchev–Trinajstić information content (AvgIpc) is 2.96. The van der Waals surface area contributed by atoms with Crippen LogP contribution in [0.3, 0.4) is 0 Å². The Labute approximate surface area is 244 Å². The van der Waals surface area contributed by atoms with Gasteiger partial charge in [-0.15, -0.1) is 0 Å². The molecule has 0 aliphatic carbocycles. The van der Waals surface area contributed by atoms with Gasteiger partial charge in [0.05, 0.1) is 5.69 Å². The van der Waals surface area contributed by atoms with E-state index in [0.717, 1.165) is 28.3 Å². The summed E-state index contributed by atoms with van der Waals surface area (Å²) < 4.78 is 69.2. The van der Waals surface area contributed by atoms with Gasteiger partial charge in [0, 0.05) is 50.3 Å². The number of nitrogens with zero attached hydrogens (tertiary/aromatic N) is 3. The van der Waals surface area contributed by atoms with Crippen molar-refractivity contribution in [3.05, 3.63) is 70.4 Å². The molecule has 1 aliphatic rings. The Morgan fingerprint density at radius 1 is 1.17 bits per heavy atom. The third-order valence-electron chi connectivity index (χ3n) is 6.91. The van der Waals surface area contributed by atoms with Crippen LogP contribution in [0.2, 0.25) is 0 Å². The molecule has 1 amide bonds. The van der Waals surface area contributed by atoms with E-state index in [1.54, 1.807) is 43.3 Å². The number of amides is 1. The van der Waals surface area contributed by atoms with Crippen molar-refractivity contribution in [3.63, 3.8) is 0 Å².